The lowest BCUT2D eigenvalue weighted by atomic mass is 10.0. The van der Waals surface area contributed by atoms with Crippen LogP contribution in [-0.2, 0) is 28.3 Å². The first-order chi connectivity index (χ1) is 14.1. The van der Waals surface area contributed by atoms with Gasteiger partial charge in [0.25, 0.3) is 0 Å². The number of carbonyl (C=O) groups excluding carboxylic acids is 1. The quantitative estimate of drug-likeness (QED) is 0.573. The molecule has 162 valence electrons. The van der Waals surface area contributed by atoms with E-state index in [-0.39, 0.29) is 16.8 Å². The molecule has 0 spiro atoms. The molecule has 0 aliphatic heterocycles. The van der Waals surface area contributed by atoms with E-state index in [9.17, 15) is 13.2 Å². The zero-order valence-electron chi connectivity index (χ0n) is 17.9. The van der Waals surface area contributed by atoms with Crippen LogP contribution in [0.25, 0.3) is 11.0 Å². The fourth-order valence-electron chi connectivity index (χ4n) is 3.33. The van der Waals surface area contributed by atoms with Gasteiger partial charge in [-0.15, -0.1) is 11.3 Å². The van der Waals surface area contributed by atoms with Gasteiger partial charge in [0, 0.05) is 38.9 Å². The van der Waals surface area contributed by atoms with Crippen LogP contribution in [-0.4, -0.2) is 42.3 Å². The van der Waals surface area contributed by atoms with Gasteiger partial charge in [0.1, 0.15) is 5.82 Å². The molecule has 0 aliphatic carbocycles. The van der Waals surface area contributed by atoms with Gasteiger partial charge in [-0.25, -0.2) is 17.7 Å². The molecule has 1 aromatic carbocycles. The minimum atomic E-state index is -3.52. The number of benzene rings is 1. The van der Waals surface area contributed by atoms with Crippen molar-refractivity contribution in [1.29, 1.82) is 0 Å². The van der Waals surface area contributed by atoms with E-state index >= 15 is 0 Å². The summed E-state index contributed by atoms with van der Waals surface area (Å²) in [5, 5.41) is 5.15. The second-order valence-electron chi connectivity index (χ2n) is 7.83. The summed E-state index contributed by atoms with van der Waals surface area (Å²) in [4.78, 5) is 18.5. The zero-order valence-corrected chi connectivity index (χ0v) is 19.5. The maximum Gasteiger partial charge on any atom is 0.242 e. The first kappa shape index (κ1) is 22.5. The molecule has 7 nitrogen and oxygen atoms in total. The summed E-state index contributed by atoms with van der Waals surface area (Å²) < 4.78 is 27.8. The van der Waals surface area contributed by atoms with Crippen LogP contribution < -0.4 is 5.32 Å². The molecular formula is C21H28N4O3S2. The first-order valence-corrected chi connectivity index (χ1v) is 12.1. The SMILES string of the molecule is CC(C)[C@H](NC(=O)CCc1nc2cc(S(=O)(=O)N(C)C)ccc2n1C)c1cccs1. The fraction of sp³-hybridized carbons (Fsp3) is 0.429. The van der Waals surface area contributed by atoms with Gasteiger partial charge >= 0.3 is 0 Å². The molecule has 3 rings (SSSR count). The van der Waals surface area contributed by atoms with E-state index in [1.807, 2.05) is 29.1 Å². The maximum atomic E-state index is 12.6. The Bertz CT molecular complexity index is 1130. The predicted molar refractivity (Wildman–Crippen MR) is 120 cm³/mol. The van der Waals surface area contributed by atoms with Crippen molar-refractivity contribution in [3.05, 3.63) is 46.4 Å². The van der Waals surface area contributed by atoms with E-state index in [2.05, 4.69) is 24.1 Å². The van der Waals surface area contributed by atoms with Gasteiger partial charge in [-0.2, -0.15) is 0 Å². The monoisotopic (exact) mass is 448 g/mol. The lowest BCUT2D eigenvalue weighted by Gasteiger charge is -2.21. The predicted octanol–water partition coefficient (Wildman–Crippen LogP) is 3.33. The van der Waals surface area contributed by atoms with Crippen LogP contribution in [0.2, 0.25) is 0 Å². The van der Waals surface area contributed by atoms with Gasteiger partial charge in [-0.1, -0.05) is 19.9 Å². The van der Waals surface area contributed by atoms with Crippen molar-refractivity contribution in [2.24, 2.45) is 13.0 Å². The molecule has 1 amide bonds. The summed E-state index contributed by atoms with van der Waals surface area (Å²) in [6, 6.07) is 8.96. The lowest BCUT2D eigenvalue weighted by Crippen LogP contribution is -2.31. The molecule has 30 heavy (non-hydrogen) atoms. The maximum absolute atomic E-state index is 12.6. The highest BCUT2D eigenvalue weighted by atomic mass is 32.2. The Morgan fingerprint density at radius 1 is 1.27 bits per heavy atom. The number of amides is 1. The van der Waals surface area contributed by atoms with Crippen LogP contribution in [0.3, 0.4) is 0 Å². The highest BCUT2D eigenvalue weighted by Crippen LogP contribution is 2.26. The minimum absolute atomic E-state index is 0.00302. The third-order valence-corrected chi connectivity index (χ3v) is 7.90. The van der Waals surface area contributed by atoms with Crippen molar-refractivity contribution in [1.82, 2.24) is 19.2 Å². The van der Waals surface area contributed by atoms with Crippen LogP contribution in [0.15, 0.2) is 40.6 Å². The number of fused-ring (bicyclic) bond motifs is 1. The van der Waals surface area contributed by atoms with Crippen molar-refractivity contribution in [2.75, 3.05) is 14.1 Å². The zero-order chi connectivity index (χ0) is 22.1. The normalized spacial score (nSPS) is 13.3. The van der Waals surface area contributed by atoms with E-state index < -0.39 is 10.0 Å². The second kappa shape index (κ2) is 8.87. The molecule has 0 fully saturated rings. The number of carbonyl (C=O) groups is 1. The van der Waals surface area contributed by atoms with Crippen molar-refractivity contribution in [3.63, 3.8) is 0 Å². The van der Waals surface area contributed by atoms with Gasteiger partial charge in [-0.05, 0) is 35.6 Å². The summed E-state index contributed by atoms with van der Waals surface area (Å²) in [5.41, 5.74) is 1.44. The molecule has 3 aromatic rings. The van der Waals surface area contributed by atoms with Crippen LogP contribution in [0.5, 0.6) is 0 Å². The summed E-state index contributed by atoms with van der Waals surface area (Å²) in [6.07, 6.45) is 0.788. The Balaban J connectivity index is 1.74. The molecule has 2 heterocycles. The average Bonchev–Trinajstić information content (AvgIpc) is 3.32. The fourth-order valence-corrected chi connectivity index (χ4v) is 5.20. The number of imidazole rings is 1. The molecule has 1 N–H and O–H groups in total. The van der Waals surface area contributed by atoms with Crippen molar-refractivity contribution in [2.45, 2.75) is 37.6 Å². The number of hydrogen-bond acceptors (Lipinski definition) is 5. The van der Waals surface area contributed by atoms with Crippen LogP contribution in [0.4, 0.5) is 0 Å². The standard InChI is InChI=1S/C21H28N4O3S2/c1-14(2)21(18-7-6-12-29-18)23-20(26)11-10-19-22-16-13-15(30(27,28)24(3)4)8-9-17(16)25(19)5/h6-9,12-14,21H,10-11H2,1-5H3,(H,23,26)/t21-/m0/s1. The topological polar surface area (TPSA) is 84.3 Å². The van der Waals surface area contributed by atoms with E-state index in [4.69, 9.17) is 0 Å². The number of nitrogens with zero attached hydrogens (tertiary/aromatic N) is 3. The summed E-state index contributed by atoms with van der Waals surface area (Å²) in [6.45, 7) is 4.19. The highest BCUT2D eigenvalue weighted by Gasteiger charge is 2.21. The number of aromatic nitrogens is 2. The van der Waals surface area contributed by atoms with E-state index in [1.165, 1.54) is 18.4 Å². The van der Waals surface area contributed by atoms with Gasteiger partial charge < -0.3 is 9.88 Å². The van der Waals surface area contributed by atoms with Gasteiger partial charge in [0.2, 0.25) is 15.9 Å². The third-order valence-electron chi connectivity index (χ3n) is 5.13. The van der Waals surface area contributed by atoms with Crippen molar-refractivity contribution in [3.8, 4) is 0 Å². The lowest BCUT2D eigenvalue weighted by molar-refractivity contribution is -0.122. The highest BCUT2D eigenvalue weighted by molar-refractivity contribution is 7.89. The van der Waals surface area contributed by atoms with Crippen molar-refractivity contribution >= 4 is 38.3 Å². The number of aryl methyl sites for hydroxylation is 2. The van der Waals surface area contributed by atoms with Crippen LogP contribution >= 0.6 is 11.3 Å². The molecule has 0 saturated heterocycles. The number of hydrogen-bond donors (Lipinski definition) is 1. The minimum Gasteiger partial charge on any atom is -0.348 e. The Morgan fingerprint density at radius 2 is 2.00 bits per heavy atom. The third kappa shape index (κ3) is 4.58. The Labute approximate surface area is 181 Å². The molecular weight excluding hydrogens is 420 g/mol. The first-order valence-electron chi connectivity index (χ1n) is 9.82. The second-order valence-corrected chi connectivity index (χ2v) is 11.0. The van der Waals surface area contributed by atoms with Crippen molar-refractivity contribution < 1.29 is 13.2 Å². The number of nitrogens with one attached hydrogen (secondary N) is 1. The molecule has 2 aromatic heterocycles. The smallest absolute Gasteiger partial charge is 0.242 e. The molecule has 0 saturated carbocycles. The molecule has 1 atom stereocenters. The van der Waals surface area contributed by atoms with Gasteiger partial charge in [0.05, 0.1) is 22.0 Å². The molecule has 0 radical (unpaired) electrons. The number of thiophene rings is 1. The van der Waals surface area contributed by atoms with Gasteiger partial charge in [0.15, 0.2) is 0 Å². The van der Waals surface area contributed by atoms with E-state index in [0.29, 0.717) is 24.3 Å². The molecule has 0 aliphatic rings. The van der Waals surface area contributed by atoms with E-state index in [1.54, 1.807) is 29.5 Å². The van der Waals surface area contributed by atoms with Crippen LogP contribution in [0, 0.1) is 5.92 Å². The summed E-state index contributed by atoms with van der Waals surface area (Å²) in [5.74, 6) is 1.02. The van der Waals surface area contributed by atoms with Gasteiger partial charge in [-0.3, -0.25) is 4.79 Å². The largest absolute Gasteiger partial charge is 0.348 e. The summed E-state index contributed by atoms with van der Waals surface area (Å²) in [7, 11) is 1.37. The van der Waals surface area contributed by atoms with Crippen LogP contribution in [0.1, 0.15) is 37.0 Å². The summed E-state index contributed by atoms with van der Waals surface area (Å²) >= 11 is 1.64. The number of rotatable bonds is 8. The molecule has 9 heteroatoms. The Kier molecular flexibility index (Phi) is 6.64. The Morgan fingerprint density at radius 3 is 2.60 bits per heavy atom. The van der Waals surface area contributed by atoms with E-state index in [0.717, 1.165) is 16.2 Å². The average molecular weight is 449 g/mol. The molecule has 0 bridgehead atoms. The molecule has 0 unspecified atom stereocenters. The number of sulfonamides is 1. The Hall–Kier alpha value is -2.23.